The maximum Gasteiger partial charge on any atom is 0.302 e. The van der Waals surface area contributed by atoms with Crippen LogP contribution < -0.4 is 5.32 Å². The zero-order valence-electron chi connectivity index (χ0n) is 11.6. The van der Waals surface area contributed by atoms with Gasteiger partial charge in [0.25, 0.3) is 0 Å². The number of esters is 1. The van der Waals surface area contributed by atoms with Gasteiger partial charge in [-0.15, -0.1) is 12.4 Å². The molecular formula is C14H18Cl3NO3. The van der Waals surface area contributed by atoms with Crippen LogP contribution in [0.15, 0.2) is 18.2 Å². The van der Waals surface area contributed by atoms with Gasteiger partial charge in [0.2, 0.25) is 0 Å². The number of ether oxygens (including phenoxy) is 2. The van der Waals surface area contributed by atoms with E-state index in [2.05, 4.69) is 5.32 Å². The fraction of sp³-hybridized carbons (Fsp3) is 0.500. The van der Waals surface area contributed by atoms with Crippen molar-refractivity contribution in [2.75, 3.05) is 26.3 Å². The van der Waals surface area contributed by atoms with Crippen LogP contribution in [0.5, 0.6) is 0 Å². The molecule has 1 aromatic rings. The Morgan fingerprint density at radius 1 is 1.43 bits per heavy atom. The van der Waals surface area contributed by atoms with Crippen LogP contribution in [0.25, 0.3) is 0 Å². The molecule has 0 amide bonds. The number of carbonyl (C=O) groups excluding carboxylic acids is 1. The summed E-state index contributed by atoms with van der Waals surface area (Å²) >= 11 is 12.0. The minimum Gasteiger partial charge on any atom is -0.465 e. The molecule has 1 aliphatic heterocycles. The van der Waals surface area contributed by atoms with Gasteiger partial charge in [0, 0.05) is 25.9 Å². The Labute approximate surface area is 140 Å². The van der Waals surface area contributed by atoms with Gasteiger partial charge >= 0.3 is 5.97 Å². The maximum absolute atomic E-state index is 11.0. The Kier molecular flexibility index (Phi) is 7.77. The third-order valence-electron chi connectivity index (χ3n) is 3.18. The van der Waals surface area contributed by atoms with Crippen LogP contribution in [-0.4, -0.2) is 32.3 Å². The summed E-state index contributed by atoms with van der Waals surface area (Å²) in [5.41, 5.74) is 0.945. The van der Waals surface area contributed by atoms with E-state index in [1.165, 1.54) is 6.92 Å². The summed E-state index contributed by atoms with van der Waals surface area (Å²) in [4.78, 5) is 11.0. The van der Waals surface area contributed by atoms with Crippen molar-refractivity contribution in [1.29, 1.82) is 0 Å². The number of benzene rings is 1. The van der Waals surface area contributed by atoms with Crippen LogP contribution in [0.1, 0.15) is 18.6 Å². The minimum atomic E-state index is -0.290. The van der Waals surface area contributed by atoms with Gasteiger partial charge in [-0.25, -0.2) is 0 Å². The van der Waals surface area contributed by atoms with Crippen LogP contribution >= 0.6 is 35.6 Å². The normalized spacial score (nSPS) is 22.0. The molecule has 4 nitrogen and oxygen atoms in total. The molecule has 7 heteroatoms. The van der Waals surface area contributed by atoms with E-state index in [1.54, 1.807) is 12.1 Å². The lowest BCUT2D eigenvalue weighted by atomic mass is 9.96. The first-order chi connectivity index (χ1) is 9.58. The molecule has 0 aromatic heterocycles. The summed E-state index contributed by atoms with van der Waals surface area (Å²) in [5.74, 6) is -0.249. The van der Waals surface area contributed by atoms with Crippen molar-refractivity contribution in [3.8, 4) is 0 Å². The highest BCUT2D eigenvalue weighted by atomic mass is 35.5. The van der Waals surface area contributed by atoms with Gasteiger partial charge in [-0.1, -0.05) is 29.3 Å². The lowest BCUT2D eigenvalue weighted by molar-refractivity contribution is -0.143. The third-order valence-corrected chi connectivity index (χ3v) is 3.92. The molecule has 118 valence electrons. The summed E-state index contributed by atoms with van der Waals surface area (Å²) in [7, 11) is 0. The largest absolute Gasteiger partial charge is 0.465 e. The molecule has 0 saturated carbocycles. The molecule has 2 rings (SSSR count). The first-order valence-electron chi connectivity index (χ1n) is 6.48. The number of rotatable bonds is 3. The van der Waals surface area contributed by atoms with Gasteiger partial charge in [0.1, 0.15) is 0 Å². The van der Waals surface area contributed by atoms with Crippen molar-refractivity contribution in [2.45, 2.75) is 13.0 Å². The van der Waals surface area contributed by atoms with Gasteiger partial charge in [0.05, 0.1) is 29.4 Å². The average Bonchev–Trinajstić information content (AvgIpc) is 2.65. The molecule has 1 saturated heterocycles. The van der Waals surface area contributed by atoms with Crippen molar-refractivity contribution < 1.29 is 14.3 Å². The predicted molar refractivity (Wildman–Crippen MR) is 85.4 cm³/mol. The third kappa shape index (κ3) is 5.31. The molecular weight excluding hydrogens is 337 g/mol. The van der Waals surface area contributed by atoms with Crippen LogP contribution in [0.2, 0.25) is 10.0 Å². The molecule has 0 radical (unpaired) electrons. The highest BCUT2D eigenvalue weighted by molar-refractivity contribution is 6.42. The van der Waals surface area contributed by atoms with Crippen LogP contribution in [0, 0.1) is 5.92 Å². The molecule has 2 atom stereocenters. The van der Waals surface area contributed by atoms with E-state index >= 15 is 0 Å². The van der Waals surface area contributed by atoms with E-state index < -0.39 is 0 Å². The summed E-state index contributed by atoms with van der Waals surface area (Å²) in [6.07, 6.45) is -0.167. The average molecular weight is 355 g/mol. The Morgan fingerprint density at radius 2 is 2.19 bits per heavy atom. The van der Waals surface area contributed by atoms with E-state index in [1.807, 2.05) is 6.07 Å². The Bertz CT molecular complexity index is 485. The van der Waals surface area contributed by atoms with Gasteiger partial charge in [-0.05, 0) is 17.7 Å². The quantitative estimate of drug-likeness (QED) is 0.847. The molecule has 0 spiro atoms. The Balaban J connectivity index is 0.00000220. The number of halogens is 3. The second-order valence-electron chi connectivity index (χ2n) is 4.73. The zero-order chi connectivity index (χ0) is 14.5. The van der Waals surface area contributed by atoms with E-state index in [0.717, 1.165) is 18.7 Å². The highest BCUT2D eigenvalue weighted by Crippen LogP contribution is 2.32. The van der Waals surface area contributed by atoms with Crippen molar-refractivity contribution in [1.82, 2.24) is 5.32 Å². The van der Waals surface area contributed by atoms with Gasteiger partial charge in [0.15, 0.2) is 0 Å². The first kappa shape index (κ1) is 18.5. The molecule has 1 fully saturated rings. The summed E-state index contributed by atoms with van der Waals surface area (Å²) in [6.45, 7) is 3.81. The maximum atomic E-state index is 11.0. The summed E-state index contributed by atoms with van der Waals surface area (Å²) < 4.78 is 11.0. The molecule has 0 aliphatic carbocycles. The number of hydrogen-bond donors (Lipinski definition) is 1. The number of carbonyl (C=O) groups is 1. The van der Waals surface area contributed by atoms with E-state index in [9.17, 15) is 4.79 Å². The van der Waals surface area contributed by atoms with Gasteiger partial charge in [-0.3, -0.25) is 4.79 Å². The SMILES string of the molecule is CC(=O)OCC1CNCCOC1c1ccc(Cl)c(Cl)c1.Cl. The second-order valence-corrected chi connectivity index (χ2v) is 5.55. The molecule has 2 unspecified atom stereocenters. The Morgan fingerprint density at radius 3 is 2.86 bits per heavy atom. The highest BCUT2D eigenvalue weighted by Gasteiger charge is 2.27. The Hall–Kier alpha value is -0.520. The lowest BCUT2D eigenvalue weighted by Gasteiger charge is -2.25. The standard InChI is InChI=1S/C14H17Cl2NO3.ClH/c1-9(18)20-8-11-7-17-4-5-19-14(11)10-2-3-12(15)13(16)6-10;/h2-3,6,11,14,17H,4-5,7-8H2,1H3;1H. The number of nitrogens with one attached hydrogen (secondary N) is 1. The zero-order valence-corrected chi connectivity index (χ0v) is 13.9. The minimum absolute atomic E-state index is 0. The smallest absolute Gasteiger partial charge is 0.302 e. The predicted octanol–water partition coefficient (Wildman–Crippen LogP) is 3.26. The lowest BCUT2D eigenvalue weighted by Crippen LogP contribution is -2.29. The van der Waals surface area contributed by atoms with E-state index in [-0.39, 0.29) is 30.4 Å². The molecule has 1 N–H and O–H groups in total. The molecule has 0 bridgehead atoms. The summed E-state index contributed by atoms with van der Waals surface area (Å²) in [5, 5.41) is 4.28. The van der Waals surface area contributed by atoms with Crippen molar-refractivity contribution in [3.05, 3.63) is 33.8 Å². The number of hydrogen-bond acceptors (Lipinski definition) is 4. The van der Waals surface area contributed by atoms with Crippen LogP contribution in [0.3, 0.4) is 0 Å². The molecule has 1 aliphatic rings. The fourth-order valence-electron chi connectivity index (χ4n) is 2.22. The second kappa shape index (κ2) is 8.81. The van der Waals surface area contributed by atoms with Gasteiger partial charge < -0.3 is 14.8 Å². The van der Waals surface area contributed by atoms with Crippen LogP contribution in [-0.2, 0) is 14.3 Å². The van der Waals surface area contributed by atoms with Crippen LogP contribution in [0.4, 0.5) is 0 Å². The first-order valence-corrected chi connectivity index (χ1v) is 7.24. The van der Waals surface area contributed by atoms with Crippen molar-refractivity contribution in [2.24, 2.45) is 5.92 Å². The molecule has 1 heterocycles. The molecule has 21 heavy (non-hydrogen) atoms. The van der Waals surface area contributed by atoms with E-state index in [0.29, 0.717) is 23.3 Å². The topological polar surface area (TPSA) is 47.6 Å². The molecule has 1 aromatic carbocycles. The van der Waals surface area contributed by atoms with Gasteiger partial charge in [-0.2, -0.15) is 0 Å². The van der Waals surface area contributed by atoms with Crippen molar-refractivity contribution >= 4 is 41.6 Å². The monoisotopic (exact) mass is 353 g/mol. The van der Waals surface area contributed by atoms with E-state index in [4.69, 9.17) is 32.7 Å². The fourth-order valence-corrected chi connectivity index (χ4v) is 2.52. The van der Waals surface area contributed by atoms with Crippen molar-refractivity contribution in [3.63, 3.8) is 0 Å². The summed E-state index contributed by atoms with van der Waals surface area (Å²) in [6, 6.07) is 5.45.